The molecule has 0 saturated heterocycles. The molecule has 0 bridgehead atoms. The van der Waals surface area contributed by atoms with Crippen molar-refractivity contribution < 1.29 is 26.1 Å². The maximum absolute atomic E-state index is 12.5. The fourth-order valence-corrected chi connectivity index (χ4v) is 0.650. The zero-order valence-corrected chi connectivity index (χ0v) is 10.1. The van der Waals surface area contributed by atoms with Crippen molar-refractivity contribution in [2.24, 2.45) is 0 Å². The number of rotatable bonds is 3. The van der Waals surface area contributed by atoms with Gasteiger partial charge in [-0.25, -0.2) is 4.39 Å². The molecule has 4 heteroatoms. The summed E-state index contributed by atoms with van der Waals surface area (Å²) in [6.07, 6.45) is 1.60. The minimum Gasteiger partial charge on any atom is -1.00 e. The third-order valence-electron chi connectivity index (χ3n) is 1.09. The number of halogens is 2. The quantitative estimate of drug-likeness (QED) is 0.375. The maximum Gasteiger partial charge on any atom is 2.00 e. The Morgan fingerprint density at radius 1 is 1.62 bits per heavy atom. The summed E-state index contributed by atoms with van der Waals surface area (Å²) in [5.74, 6) is 0.0905. The Hall–Kier alpha value is -0.0638. The van der Waals surface area contributed by atoms with Gasteiger partial charge >= 0.3 is 23.1 Å². The second-order valence-electron chi connectivity index (χ2n) is 1.97. The predicted molar refractivity (Wildman–Crippen MR) is 46.7 cm³/mol. The van der Waals surface area contributed by atoms with Crippen LogP contribution in [0.1, 0.15) is 0 Å². The van der Waals surface area contributed by atoms with Crippen LogP contribution in [0.4, 0.5) is 4.39 Å². The Morgan fingerprint density at radius 2 is 2.31 bits per heavy atom. The second kappa shape index (κ2) is 8.53. The summed E-state index contributed by atoms with van der Waals surface area (Å²) >= 11 is 0. The third kappa shape index (κ3) is 6.07. The van der Waals surface area contributed by atoms with Crippen molar-refractivity contribution in [3.8, 4) is 5.75 Å². The van der Waals surface area contributed by atoms with E-state index in [1.54, 1.807) is 6.08 Å². The van der Waals surface area contributed by atoms with Crippen LogP contribution in [0.5, 0.6) is 5.75 Å². The van der Waals surface area contributed by atoms with Gasteiger partial charge in [0.1, 0.15) is 6.61 Å². The molecule has 0 N–H and O–H groups in total. The zero-order valence-electron chi connectivity index (χ0n) is 7.09. The summed E-state index contributed by atoms with van der Waals surface area (Å²) in [5, 5.41) is 0. The van der Waals surface area contributed by atoms with Gasteiger partial charge in [0, 0.05) is 11.6 Å². The van der Waals surface area contributed by atoms with Crippen LogP contribution in [-0.2, 0) is 0 Å². The van der Waals surface area contributed by atoms with E-state index in [1.807, 2.05) is 0 Å². The first-order valence-corrected chi connectivity index (χ1v) is 3.24. The van der Waals surface area contributed by atoms with Gasteiger partial charge in [0.15, 0.2) is 0 Å². The van der Waals surface area contributed by atoms with Gasteiger partial charge in [-0.3, -0.25) is 0 Å². The molecular formula is C9H8BrFMgO. The Kier molecular flexibility index (Phi) is 10.1. The van der Waals surface area contributed by atoms with E-state index in [-0.39, 0.29) is 45.9 Å². The van der Waals surface area contributed by atoms with Crippen LogP contribution in [0.25, 0.3) is 0 Å². The largest absolute Gasteiger partial charge is 2.00 e. The van der Waals surface area contributed by atoms with Gasteiger partial charge in [0.2, 0.25) is 0 Å². The van der Waals surface area contributed by atoms with Gasteiger partial charge in [0.05, 0.1) is 0 Å². The van der Waals surface area contributed by atoms with Crippen molar-refractivity contribution in [2.45, 2.75) is 0 Å². The first-order chi connectivity index (χ1) is 5.33. The summed E-state index contributed by atoms with van der Waals surface area (Å²) in [4.78, 5) is 0. The van der Waals surface area contributed by atoms with Gasteiger partial charge in [-0.05, 0) is 0 Å². The fourth-order valence-electron chi connectivity index (χ4n) is 0.650. The number of ether oxygens (including phenoxy) is 1. The average molecular weight is 255 g/mol. The molecule has 0 aliphatic rings. The van der Waals surface area contributed by atoms with Gasteiger partial charge in [-0.15, -0.1) is 12.1 Å². The standard InChI is InChI=1S/C9H8FO.BrH.Mg/c1-2-6-11-9-5-3-4-8(10)7-9;;/h2-4,7H,1,6H2;1H;/q-1;;+2/p-1. The monoisotopic (exact) mass is 254 g/mol. The second-order valence-corrected chi connectivity index (χ2v) is 1.97. The molecule has 66 valence electrons. The fraction of sp³-hybridized carbons (Fsp3) is 0.111. The van der Waals surface area contributed by atoms with Crippen LogP contribution in [0.2, 0.25) is 0 Å². The van der Waals surface area contributed by atoms with Gasteiger partial charge < -0.3 is 21.7 Å². The van der Waals surface area contributed by atoms with Crippen LogP contribution < -0.4 is 21.7 Å². The molecule has 0 spiro atoms. The summed E-state index contributed by atoms with van der Waals surface area (Å²) in [5.41, 5.74) is 0. The van der Waals surface area contributed by atoms with Crippen LogP contribution >= 0.6 is 0 Å². The van der Waals surface area contributed by atoms with Crippen LogP contribution in [-0.4, -0.2) is 29.7 Å². The summed E-state index contributed by atoms with van der Waals surface area (Å²) in [6.45, 7) is 3.84. The van der Waals surface area contributed by atoms with Crippen molar-refractivity contribution in [1.29, 1.82) is 0 Å². The molecule has 13 heavy (non-hydrogen) atoms. The Balaban J connectivity index is 0. The van der Waals surface area contributed by atoms with Crippen molar-refractivity contribution in [3.05, 3.63) is 42.7 Å². The molecule has 1 nitrogen and oxygen atoms in total. The summed E-state index contributed by atoms with van der Waals surface area (Å²) in [6, 6.07) is 6.82. The first-order valence-electron chi connectivity index (χ1n) is 3.24. The molecule has 0 saturated carbocycles. The molecule has 0 aliphatic carbocycles. The van der Waals surface area contributed by atoms with Crippen molar-refractivity contribution in [1.82, 2.24) is 0 Å². The first kappa shape index (κ1) is 15.4. The van der Waals surface area contributed by atoms with E-state index >= 15 is 0 Å². The maximum atomic E-state index is 12.5. The van der Waals surface area contributed by atoms with E-state index in [9.17, 15) is 4.39 Å². The van der Waals surface area contributed by atoms with E-state index in [1.165, 1.54) is 18.2 Å². The van der Waals surface area contributed by atoms with E-state index in [4.69, 9.17) is 4.74 Å². The van der Waals surface area contributed by atoms with Crippen molar-refractivity contribution >= 4 is 23.1 Å². The summed E-state index contributed by atoms with van der Waals surface area (Å²) in [7, 11) is 0. The molecule has 1 rings (SSSR count). The molecule has 0 radical (unpaired) electrons. The average Bonchev–Trinajstić information content (AvgIpc) is 2.01. The molecule has 0 amide bonds. The molecule has 0 aliphatic heterocycles. The molecular weight excluding hydrogens is 247 g/mol. The minimum absolute atomic E-state index is 0. The summed E-state index contributed by atoms with van der Waals surface area (Å²) < 4.78 is 17.5. The predicted octanol–water partition coefficient (Wildman–Crippen LogP) is -1.19. The molecule has 0 unspecified atom stereocenters. The number of benzene rings is 1. The van der Waals surface area contributed by atoms with Crippen LogP contribution in [0.15, 0.2) is 30.9 Å². The SMILES string of the molecule is C=CCOc1[c-]ccc(F)c1.[Br-].[Mg+2]. The van der Waals surface area contributed by atoms with Crippen molar-refractivity contribution in [3.63, 3.8) is 0 Å². The van der Waals surface area contributed by atoms with Gasteiger partial charge in [-0.2, -0.15) is 6.07 Å². The normalized spacial score (nSPS) is 7.77. The third-order valence-corrected chi connectivity index (χ3v) is 1.09. The van der Waals surface area contributed by atoms with Gasteiger partial charge in [-0.1, -0.05) is 18.7 Å². The molecule has 1 aromatic carbocycles. The molecule has 0 atom stereocenters. The van der Waals surface area contributed by atoms with Crippen LogP contribution in [0.3, 0.4) is 0 Å². The van der Waals surface area contributed by atoms with E-state index < -0.39 is 0 Å². The smallest absolute Gasteiger partial charge is 1.00 e. The van der Waals surface area contributed by atoms with E-state index in [2.05, 4.69) is 12.6 Å². The topological polar surface area (TPSA) is 9.23 Å². The molecule has 0 aromatic heterocycles. The van der Waals surface area contributed by atoms with Gasteiger partial charge in [0.25, 0.3) is 0 Å². The number of hydrogen-bond acceptors (Lipinski definition) is 1. The Labute approximate surface area is 104 Å². The zero-order chi connectivity index (χ0) is 8.10. The number of hydrogen-bond donors (Lipinski definition) is 0. The van der Waals surface area contributed by atoms with Crippen LogP contribution in [0, 0.1) is 11.9 Å². The van der Waals surface area contributed by atoms with E-state index in [0.29, 0.717) is 12.4 Å². The Morgan fingerprint density at radius 3 is 2.85 bits per heavy atom. The molecule has 0 fully saturated rings. The van der Waals surface area contributed by atoms with E-state index in [0.717, 1.165) is 0 Å². The molecule has 0 heterocycles. The Bertz CT molecular complexity index is 255. The molecule has 1 aromatic rings. The van der Waals surface area contributed by atoms with Crippen molar-refractivity contribution in [2.75, 3.05) is 6.61 Å². The minimum atomic E-state index is -0.317.